The lowest BCUT2D eigenvalue weighted by atomic mass is 10.1. The molecule has 0 radical (unpaired) electrons. The lowest BCUT2D eigenvalue weighted by molar-refractivity contribution is 0.149. The summed E-state index contributed by atoms with van der Waals surface area (Å²) in [7, 11) is 4.01. The van der Waals surface area contributed by atoms with Crippen LogP contribution in [0.15, 0.2) is 24.3 Å². The van der Waals surface area contributed by atoms with E-state index in [1.807, 2.05) is 38.4 Å². The summed E-state index contributed by atoms with van der Waals surface area (Å²) in [5, 5.41) is 10.1. The van der Waals surface area contributed by atoms with Crippen LogP contribution in [-0.2, 0) is 0 Å². The van der Waals surface area contributed by atoms with E-state index in [-0.39, 0.29) is 0 Å². The third-order valence-corrected chi connectivity index (χ3v) is 2.59. The number of aliphatic hydroxyl groups is 1. The molecule has 0 heterocycles. The van der Waals surface area contributed by atoms with E-state index in [0.717, 1.165) is 30.7 Å². The molecule has 0 fully saturated rings. The number of ether oxygens (including phenoxy) is 1. The monoisotopic (exact) mass is 237 g/mol. The van der Waals surface area contributed by atoms with Crippen molar-refractivity contribution in [3.05, 3.63) is 29.8 Å². The molecule has 1 unspecified atom stereocenters. The lowest BCUT2D eigenvalue weighted by Gasteiger charge is -2.17. The Kier molecular flexibility index (Phi) is 6.01. The van der Waals surface area contributed by atoms with Crippen LogP contribution in [0, 0.1) is 0 Å². The molecule has 0 amide bonds. The zero-order valence-electron chi connectivity index (χ0n) is 11.0. The first kappa shape index (κ1) is 14.0. The van der Waals surface area contributed by atoms with Crippen LogP contribution in [0.4, 0.5) is 0 Å². The van der Waals surface area contributed by atoms with E-state index in [4.69, 9.17) is 4.74 Å². The molecule has 3 heteroatoms. The first-order valence-corrected chi connectivity index (χ1v) is 6.19. The van der Waals surface area contributed by atoms with Crippen molar-refractivity contribution < 1.29 is 9.84 Å². The Morgan fingerprint density at radius 1 is 1.29 bits per heavy atom. The van der Waals surface area contributed by atoms with Gasteiger partial charge >= 0.3 is 0 Å². The van der Waals surface area contributed by atoms with Gasteiger partial charge in [0.2, 0.25) is 0 Å². The van der Waals surface area contributed by atoms with Crippen LogP contribution in [0.5, 0.6) is 5.75 Å². The Morgan fingerprint density at radius 3 is 2.65 bits per heavy atom. The van der Waals surface area contributed by atoms with Crippen molar-refractivity contribution in [3.8, 4) is 5.75 Å². The second kappa shape index (κ2) is 7.30. The SMILES string of the molecule is CCCOc1ccccc1C(O)CCN(C)C. The standard InChI is InChI=1S/C14H23NO2/c1-4-11-17-14-8-6-5-7-12(14)13(16)9-10-15(2)3/h5-8,13,16H,4,9-11H2,1-3H3. The minimum absolute atomic E-state index is 0.453. The minimum Gasteiger partial charge on any atom is -0.493 e. The zero-order valence-corrected chi connectivity index (χ0v) is 11.0. The van der Waals surface area contributed by atoms with Gasteiger partial charge in [-0.3, -0.25) is 0 Å². The van der Waals surface area contributed by atoms with Gasteiger partial charge in [0, 0.05) is 12.1 Å². The Labute approximate surface area is 104 Å². The first-order valence-electron chi connectivity index (χ1n) is 6.19. The van der Waals surface area contributed by atoms with Gasteiger partial charge in [0.1, 0.15) is 5.75 Å². The normalized spacial score (nSPS) is 12.8. The topological polar surface area (TPSA) is 32.7 Å². The molecule has 1 N–H and O–H groups in total. The number of aliphatic hydroxyl groups excluding tert-OH is 1. The molecule has 0 aliphatic rings. The van der Waals surface area contributed by atoms with Gasteiger partial charge in [-0.25, -0.2) is 0 Å². The third-order valence-electron chi connectivity index (χ3n) is 2.59. The van der Waals surface area contributed by atoms with E-state index in [2.05, 4.69) is 11.8 Å². The molecule has 1 atom stereocenters. The van der Waals surface area contributed by atoms with Gasteiger partial charge in [0.25, 0.3) is 0 Å². The number of rotatable bonds is 7. The van der Waals surface area contributed by atoms with E-state index in [1.54, 1.807) is 0 Å². The Morgan fingerprint density at radius 2 is 2.00 bits per heavy atom. The van der Waals surface area contributed by atoms with E-state index >= 15 is 0 Å². The molecule has 0 aliphatic carbocycles. The van der Waals surface area contributed by atoms with Gasteiger partial charge in [0.15, 0.2) is 0 Å². The van der Waals surface area contributed by atoms with Crippen LogP contribution in [0.2, 0.25) is 0 Å². The summed E-state index contributed by atoms with van der Waals surface area (Å²) >= 11 is 0. The molecule has 0 saturated carbocycles. The van der Waals surface area contributed by atoms with Gasteiger partial charge in [0.05, 0.1) is 12.7 Å². The molecule has 1 aromatic carbocycles. The number of benzene rings is 1. The maximum atomic E-state index is 10.1. The van der Waals surface area contributed by atoms with Crippen molar-refractivity contribution in [2.24, 2.45) is 0 Å². The van der Waals surface area contributed by atoms with E-state index in [9.17, 15) is 5.11 Å². The van der Waals surface area contributed by atoms with Crippen LogP contribution in [0.1, 0.15) is 31.4 Å². The predicted molar refractivity (Wildman–Crippen MR) is 70.4 cm³/mol. The van der Waals surface area contributed by atoms with Crippen LogP contribution >= 0.6 is 0 Å². The molecular weight excluding hydrogens is 214 g/mol. The molecule has 17 heavy (non-hydrogen) atoms. The quantitative estimate of drug-likeness (QED) is 0.790. The van der Waals surface area contributed by atoms with E-state index in [0.29, 0.717) is 6.61 Å². The largest absolute Gasteiger partial charge is 0.493 e. The zero-order chi connectivity index (χ0) is 12.7. The van der Waals surface area contributed by atoms with Gasteiger partial charge in [-0.15, -0.1) is 0 Å². The fourth-order valence-electron chi connectivity index (χ4n) is 1.64. The van der Waals surface area contributed by atoms with Crippen LogP contribution in [0.25, 0.3) is 0 Å². The maximum absolute atomic E-state index is 10.1. The van der Waals surface area contributed by atoms with Crippen molar-refractivity contribution >= 4 is 0 Å². The molecule has 0 spiro atoms. The van der Waals surface area contributed by atoms with Crippen LogP contribution in [-0.4, -0.2) is 37.3 Å². The molecule has 0 bridgehead atoms. The molecule has 0 saturated heterocycles. The second-order valence-electron chi connectivity index (χ2n) is 4.49. The van der Waals surface area contributed by atoms with Crippen molar-refractivity contribution in [2.45, 2.75) is 25.9 Å². The number of hydrogen-bond donors (Lipinski definition) is 1. The summed E-state index contributed by atoms with van der Waals surface area (Å²) in [4.78, 5) is 2.07. The fraction of sp³-hybridized carbons (Fsp3) is 0.571. The summed E-state index contributed by atoms with van der Waals surface area (Å²) in [6.45, 7) is 3.63. The number of para-hydroxylation sites is 1. The highest BCUT2D eigenvalue weighted by Crippen LogP contribution is 2.27. The Hall–Kier alpha value is -1.06. The average Bonchev–Trinajstić information content (AvgIpc) is 2.33. The summed E-state index contributed by atoms with van der Waals surface area (Å²) < 4.78 is 5.64. The molecule has 96 valence electrons. The lowest BCUT2D eigenvalue weighted by Crippen LogP contribution is -2.16. The summed E-state index contributed by atoms with van der Waals surface area (Å²) in [5.74, 6) is 0.806. The smallest absolute Gasteiger partial charge is 0.125 e. The van der Waals surface area contributed by atoms with Crippen molar-refractivity contribution in [2.75, 3.05) is 27.2 Å². The molecule has 3 nitrogen and oxygen atoms in total. The van der Waals surface area contributed by atoms with E-state index < -0.39 is 6.10 Å². The summed E-state index contributed by atoms with van der Waals surface area (Å²) in [6, 6.07) is 7.73. The molecule has 0 aromatic heterocycles. The third kappa shape index (κ3) is 4.75. The fourth-order valence-corrected chi connectivity index (χ4v) is 1.64. The molecular formula is C14H23NO2. The second-order valence-corrected chi connectivity index (χ2v) is 4.49. The Bertz CT molecular complexity index is 326. The van der Waals surface area contributed by atoms with Crippen LogP contribution in [0.3, 0.4) is 0 Å². The Balaban J connectivity index is 2.67. The van der Waals surface area contributed by atoms with Gasteiger partial charge in [-0.05, 0) is 33.0 Å². The van der Waals surface area contributed by atoms with Gasteiger partial charge in [-0.2, -0.15) is 0 Å². The molecule has 1 rings (SSSR count). The highest BCUT2D eigenvalue weighted by Gasteiger charge is 2.12. The van der Waals surface area contributed by atoms with Gasteiger partial charge < -0.3 is 14.7 Å². The summed E-state index contributed by atoms with van der Waals surface area (Å²) in [5.41, 5.74) is 0.891. The van der Waals surface area contributed by atoms with Crippen LogP contribution < -0.4 is 4.74 Å². The highest BCUT2D eigenvalue weighted by atomic mass is 16.5. The molecule has 1 aromatic rings. The molecule has 0 aliphatic heterocycles. The van der Waals surface area contributed by atoms with Crippen molar-refractivity contribution in [1.82, 2.24) is 4.90 Å². The highest BCUT2D eigenvalue weighted by molar-refractivity contribution is 5.35. The number of hydrogen-bond acceptors (Lipinski definition) is 3. The maximum Gasteiger partial charge on any atom is 0.125 e. The number of nitrogens with zero attached hydrogens (tertiary/aromatic N) is 1. The van der Waals surface area contributed by atoms with Crippen molar-refractivity contribution in [1.29, 1.82) is 0 Å². The summed E-state index contributed by atoms with van der Waals surface area (Å²) in [6.07, 6.45) is 1.24. The average molecular weight is 237 g/mol. The predicted octanol–water partition coefficient (Wildman–Crippen LogP) is 2.46. The van der Waals surface area contributed by atoms with Crippen molar-refractivity contribution in [3.63, 3.8) is 0 Å². The van der Waals surface area contributed by atoms with Gasteiger partial charge in [-0.1, -0.05) is 25.1 Å². The first-order chi connectivity index (χ1) is 8.15. The van der Waals surface area contributed by atoms with E-state index in [1.165, 1.54) is 0 Å². The minimum atomic E-state index is -0.453.